The van der Waals surface area contributed by atoms with Gasteiger partial charge in [0.25, 0.3) is 5.03 Å². The number of hydrogen-bond acceptors (Lipinski definition) is 3. The minimum atomic E-state index is -0.0183. The Kier molecular flexibility index (Phi) is 5.92. The van der Waals surface area contributed by atoms with Crippen molar-refractivity contribution in [1.82, 2.24) is 5.32 Å². The lowest BCUT2D eigenvalue weighted by Crippen LogP contribution is -2.30. The third-order valence-corrected chi connectivity index (χ3v) is 4.31. The van der Waals surface area contributed by atoms with Gasteiger partial charge in [-0.1, -0.05) is 11.6 Å². The van der Waals surface area contributed by atoms with E-state index >= 15 is 0 Å². The van der Waals surface area contributed by atoms with Crippen LogP contribution in [-0.2, 0) is 4.79 Å². The molecule has 1 aromatic heterocycles. The zero-order valence-corrected chi connectivity index (χ0v) is 12.3. The van der Waals surface area contributed by atoms with Gasteiger partial charge in [-0.15, -0.1) is 0 Å². The van der Waals surface area contributed by atoms with Crippen molar-refractivity contribution in [2.75, 3.05) is 12.3 Å². The topological polar surface area (TPSA) is 56.0 Å². The molecule has 0 radical (unpaired) electrons. The van der Waals surface area contributed by atoms with Crippen LogP contribution in [0.5, 0.6) is 0 Å². The second-order valence-electron chi connectivity index (χ2n) is 4.86. The van der Waals surface area contributed by atoms with E-state index in [-0.39, 0.29) is 11.7 Å². The van der Waals surface area contributed by atoms with E-state index in [1.54, 1.807) is 18.2 Å². The largest absolute Gasteiger partial charge is 0.618 e. The van der Waals surface area contributed by atoms with Crippen LogP contribution in [0.1, 0.15) is 32.1 Å². The number of nitrogens with one attached hydrogen (secondary N) is 1. The molecule has 1 heterocycles. The molecule has 0 unspecified atom stereocenters. The molecule has 0 fully saturated rings. The molecule has 0 aliphatic heterocycles. The van der Waals surface area contributed by atoms with Crippen LogP contribution in [-0.4, -0.2) is 18.2 Å². The van der Waals surface area contributed by atoms with Crippen molar-refractivity contribution in [3.8, 4) is 0 Å². The van der Waals surface area contributed by atoms with Crippen molar-refractivity contribution in [3.05, 3.63) is 41.3 Å². The summed E-state index contributed by atoms with van der Waals surface area (Å²) in [5.41, 5.74) is 1.46. The van der Waals surface area contributed by atoms with E-state index in [1.807, 2.05) is 0 Å². The van der Waals surface area contributed by atoms with Gasteiger partial charge in [-0.2, -0.15) is 4.73 Å². The molecule has 1 aromatic rings. The van der Waals surface area contributed by atoms with Crippen LogP contribution in [0.2, 0.25) is 0 Å². The van der Waals surface area contributed by atoms with Gasteiger partial charge < -0.3 is 10.5 Å². The van der Waals surface area contributed by atoms with Crippen LogP contribution in [0.3, 0.4) is 0 Å². The average molecular weight is 292 g/mol. The van der Waals surface area contributed by atoms with E-state index in [9.17, 15) is 10.0 Å². The van der Waals surface area contributed by atoms with Crippen LogP contribution < -0.4 is 10.0 Å². The number of thioether (sulfide) groups is 1. The number of nitrogens with zero attached hydrogens (tertiary/aromatic N) is 1. The normalized spacial score (nSPS) is 14.7. The third kappa shape index (κ3) is 4.89. The van der Waals surface area contributed by atoms with Gasteiger partial charge in [-0.05, 0) is 49.9 Å². The molecule has 0 bridgehead atoms. The van der Waals surface area contributed by atoms with E-state index in [1.165, 1.54) is 49.2 Å². The van der Waals surface area contributed by atoms with E-state index in [0.29, 0.717) is 11.6 Å². The minimum Gasteiger partial charge on any atom is -0.618 e. The first kappa shape index (κ1) is 14.9. The van der Waals surface area contributed by atoms with Crippen LogP contribution in [0.4, 0.5) is 0 Å². The molecule has 1 aliphatic rings. The number of carbonyl (C=O) groups is 1. The van der Waals surface area contributed by atoms with E-state index in [4.69, 9.17) is 0 Å². The lowest BCUT2D eigenvalue weighted by atomic mass is 9.97. The van der Waals surface area contributed by atoms with Crippen molar-refractivity contribution >= 4 is 17.7 Å². The van der Waals surface area contributed by atoms with E-state index in [2.05, 4.69) is 11.4 Å². The summed E-state index contributed by atoms with van der Waals surface area (Å²) in [4.78, 5) is 11.7. The molecular weight excluding hydrogens is 272 g/mol. The second kappa shape index (κ2) is 7.94. The number of aromatic nitrogens is 1. The van der Waals surface area contributed by atoms with Crippen LogP contribution in [0.25, 0.3) is 0 Å². The van der Waals surface area contributed by atoms with Gasteiger partial charge in [0.15, 0.2) is 6.20 Å². The maximum Gasteiger partial charge on any atom is 0.251 e. The summed E-state index contributed by atoms with van der Waals surface area (Å²) < 4.78 is 0.783. The first-order chi connectivity index (χ1) is 9.75. The summed E-state index contributed by atoms with van der Waals surface area (Å²) in [5.74, 6) is 0.265. The fourth-order valence-corrected chi connectivity index (χ4v) is 2.95. The molecule has 0 spiro atoms. The number of pyridine rings is 1. The molecule has 5 heteroatoms. The van der Waals surface area contributed by atoms with Gasteiger partial charge in [-0.3, -0.25) is 4.79 Å². The highest BCUT2D eigenvalue weighted by molar-refractivity contribution is 7.99. The highest BCUT2D eigenvalue weighted by Gasteiger charge is 2.09. The molecule has 0 saturated carbocycles. The van der Waals surface area contributed by atoms with Crippen molar-refractivity contribution in [2.45, 2.75) is 37.1 Å². The van der Waals surface area contributed by atoms with Gasteiger partial charge in [-0.25, -0.2) is 0 Å². The Morgan fingerprint density at radius 1 is 1.40 bits per heavy atom. The average Bonchev–Trinajstić information content (AvgIpc) is 2.47. The number of hydrogen-bond donors (Lipinski definition) is 1. The molecule has 0 saturated heterocycles. The van der Waals surface area contributed by atoms with Crippen molar-refractivity contribution < 1.29 is 9.52 Å². The molecule has 0 aromatic carbocycles. The molecule has 1 N–H and O–H groups in total. The van der Waals surface area contributed by atoms with Crippen LogP contribution in [0.15, 0.2) is 41.1 Å². The highest BCUT2D eigenvalue weighted by atomic mass is 32.2. The maximum absolute atomic E-state index is 11.7. The lowest BCUT2D eigenvalue weighted by molar-refractivity contribution is -0.645. The van der Waals surface area contributed by atoms with Gasteiger partial charge in [0, 0.05) is 18.7 Å². The Morgan fingerprint density at radius 2 is 2.30 bits per heavy atom. The summed E-state index contributed by atoms with van der Waals surface area (Å²) in [7, 11) is 0. The predicted molar refractivity (Wildman–Crippen MR) is 80.3 cm³/mol. The van der Waals surface area contributed by atoms with Crippen LogP contribution in [0, 0.1) is 5.21 Å². The minimum absolute atomic E-state index is 0.0183. The fourth-order valence-electron chi connectivity index (χ4n) is 2.21. The molecule has 108 valence electrons. The highest BCUT2D eigenvalue weighted by Crippen LogP contribution is 2.19. The molecule has 1 aliphatic carbocycles. The Hall–Kier alpha value is -1.49. The second-order valence-corrected chi connectivity index (χ2v) is 5.86. The third-order valence-electron chi connectivity index (χ3n) is 3.29. The van der Waals surface area contributed by atoms with Crippen molar-refractivity contribution in [3.63, 3.8) is 0 Å². The first-order valence-corrected chi connectivity index (χ1v) is 8.00. The maximum atomic E-state index is 11.7. The van der Waals surface area contributed by atoms with E-state index < -0.39 is 0 Å². The van der Waals surface area contributed by atoms with Gasteiger partial charge in [0.05, 0.1) is 5.75 Å². The predicted octanol–water partition coefficient (Wildman–Crippen LogP) is 2.42. The Labute approximate surface area is 123 Å². The Bertz CT molecular complexity index is 489. The van der Waals surface area contributed by atoms with E-state index in [0.717, 1.165) is 11.2 Å². The van der Waals surface area contributed by atoms with Crippen molar-refractivity contribution in [2.24, 2.45) is 0 Å². The summed E-state index contributed by atoms with van der Waals surface area (Å²) in [6.45, 7) is 0.692. The molecular formula is C15H20N2O2S. The smallest absolute Gasteiger partial charge is 0.251 e. The lowest BCUT2D eigenvalue weighted by Gasteiger charge is -2.12. The summed E-state index contributed by atoms with van der Waals surface area (Å²) in [5, 5.41) is 14.9. The van der Waals surface area contributed by atoms with Crippen LogP contribution >= 0.6 is 11.8 Å². The van der Waals surface area contributed by atoms with Gasteiger partial charge >= 0.3 is 0 Å². The zero-order valence-electron chi connectivity index (χ0n) is 11.5. The number of carbonyl (C=O) groups excluding carboxylic acids is 1. The Balaban J connectivity index is 1.65. The molecule has 4 nitrogen and oxygen atoms in total. The first-order valence-electron chi connectivity index (χ1n) is 7.01. The quantitative estimate of drug-likeness (QED) is 0.379. The van der Waals surface area contributed by atoms with Gasteiger partial charge in [0.2, 0.25) is 5.91 Å². The monoisotopic (exact) mass is 292 g/mol. The van der Waals surface area contributed by atoms with Gasteiger partial charge in [0.1, 0.15) is 0 Å². The molecule has 20 heavy (non-hydrogen) atoms. The number of amides is 1. The summed E-state index contributed by atoms with van der Waals surface area (Å²) >= 11 is 1.26. The molecule has 2 rings (SSSR count). The SMILES string of the molecule is O=C(CSc1cccc[n+]1[O-])NCCC1=CCCCC1. The standard InChI is InChI=1S/C15H20N2O2S/c18-14(12-20-15-8-4-5-11-17(15)19)16-10-9-13-6-2-1-3-7-13/h4-6,8,11H,1-3,7,9-10,12H2,(H,16,18). The van der Waals surface area contributed by atoms with Crippen molar-refractivity contribution in [1.29, 1.82) is 0 Å². The summed E-state index contributed by atoms with van der Waals surface area (Å²) in [6, 6.07) is 5.19. The number of allylic oxidation sites excluding steroid dienone is 1. The molecule has 1 amide bonds. The number of rotatable bonds is 6. The molecule has 0 atom stereocenters. The Morgan fingerprint density at radius 3 is 3.05 bits per heavy atom. The fraction of sp³-hybridized carbons (Fsp3) is 0.467. The zero-order chi connectivity index (χ0) is 14.2. The summed E-state index contributed by atoms with van der Waals surface area (Å²) in [6.07, 6.45) is 9.60.